The molecule has 1 aliphatic rings. The van der Waals surface area contributed by atoms with Gasteiger partial charge in [0.25, 0.3) is 0 Å². The maximum Gasteiger partial charge on any atom is 0.235 e. The van der Waals surface area contributed by atoms with Crippen molar-refractivity contribution in [3.63, 3.8) is 0 Å². The van der Waals surface area contributed by atoms with Gasteiger partial charge in [0, 0.05) is 24.7 Å². The van der Waals surface area contributed by atoms with Gasteiger partial charge < -0.3 is 14.1 Å². The van der Waals surface area contributed by atoms with Gasteiger partial charge in [0.05, 0.1) is 7.11 Å². The first-order chi connectivity index (χ1) is 14.8. The lowest BCUT2D eigenvalue weighted by Gasteiger charge is -2.31. The highest BCUT2D eigenvalue weighted by atomic mass is 16.5. The Labute approximate surface area is 177 Å². The molecule has 1 aliphatic heterocycles. The fourth-order valence-electron chi connectivity index (χ4n) is 3.94. The summed E-state index contributed by atoms with van der Waals surface area (Å²) in [5.41, 5.74) is 2.66. The van der Waals surface area contributed by atoms with Crippen molar-refractivity contribution in [1.82, 2.24) is 4.98 Å². The van der Waals surface area contributed by atoms with E-state index in [-0.39, 0.29) is 0 Å². The maximum absolute atomic E-state index is 9.53. The van der Waals surface area contributed by atoms with Crippen molar-refractivity contribution >= 4 is 18.0 Å². The average molecular weight is 399 g/mol. The molecule has 1 saturated heterocycles. The lowest BCUT2D eigenvalue weighted by molar-refractivity contribution is 0.387. The van der Waals surface area contributed by atoms with Gasteiger partial charge in [-0.2, -0.15) is 10.2 Å². The van der Waals surface area contributed by atoms with Crippen LogP contribution in [0.2, 0.25) is 0 Å². The fourth-order valence-corrected chi connectivity index (χ4v) is 3.94. The predicted octanol–water partition coefficient (Wildman–Crippen LogP) is 5.18. The minimum Gasteiger partial charge on any atom is -0.496 e. The van der Waals surface area contributed by atoms with E-state index in [1.165, 1.54) is 5.56 Å². The van der Waals surface area contributed by atoms with E-state index >= 15 is 0 Å². The fraction of sp³-hybridized carbons (Fsp3) is 0.280. The summed E-state index contributed by atoms with van der Waals surface area (Å²) in [4.78, 5) is 6.51. The summed E-state index contributed by atoms with van der Waals surface area (Å²) >= 11 is 0. The first kappa shape index (κ1) is 19.8. The van der Waals surface area contributed by atoms with E-state index in [4.69, 9.17) is 9.15 Å². The molecule has 0 spiro atoms. The summed E-state index contributed by atoms with van der Waals surface area (Å²) < 4.78 is 11.3. The molecule has 0 radical (unpaired) electrons. The zero-order valence-corrected chi connectivity index (χ0v) is 17.1. The monoisotopic (exact) mass is 399 g/mol. The maximum atomic E-state index is 9.53. The third-order valence-electron chi connectivity index (χ3n) is 5.55. The van der Waals surface area contributed by atoms with Gasteiger partial charge in [-0.3, -0.25) is 0 Å². The minimum atomic E-state index is 0.344. The van der Waals surface area contributed by atoms with Gasteiger partial charge in [-0.05, 0) is 42.9 Å². The molecule has 30 heavy (non-hydrogen) atoms. The van der Waals surface area contributed by atoms with E-state index in [1.54, 1.807) is 13.2 Å². The molecule has 1 fully saturated rings. The van der Waals surface area contributed by atoms with Crippen LogP contribution in [0.1, 0.15) is 35.6 Å². The topological polar surface area (TPSA) is 62.3 Å². The number of oxazole rings is 1. The highest BCUT2D eigenvalue weighted by Gasteiger charge is 2.25. The number of aromatic nitrogens is 1. The summed E-state index contributed by atoms with van der Waals surface area (Å²) in [6, 6.07) is 20.5. The molecule has 4 rings (SSSR count). The van der Waals surface area contributed by atoms with Crippen molar-refractivity contribution in [3.8, 4) is 11.8 Å². The van der Waals surface area contributed by atoms with Gasteiger partial charge in [-0.15, -0.1) is 0 Å². The molecule has 2 aromatic carbocycles. The highest BCUT2D eigenvalue weighted by Crippen LogP contribution is 2.29. The molecule has 0 saturated carbocycles. The Kier molecular flexibility index (Phi) is 6.14. The summed E-state index contributed by atoms with van der Waals surface area (Å²) in [5, 5.41) is 9.53. The molecule has 0 aliphatic carbocycles. The van der Waals surface area contributed by atoms with Gasteiger partial charge >= 0.3 is 0 Å². The minimum absolute atomic E-state index is 0.344. The number of nitriles is 1. The van der Waals surface area contributed by atoms with E-state index in [0.717, 1.165) is 43.7 Å². The summed E-state index contributed by atoms with van der Waals surface area (Å²) in [5.74, 6) is 2.44. The van der Waals surface area contributed by atoms with Crippen LogP contribution in [0.15, 0.2) is 59.0 Å². The van der Waals surface area contributed by atoms with Crippen LogP contribution in [0.4, 0.5) is 5.88 Å². The second-order valence-corrected chi connectivity index (χ2v) is 7.51. The van der Waals surface area contributed by atoms with Crippen LogP contribution in [-0.2, 0) is 6.42 Å². The van der Waals surface area contributed by atoms with Gasteiger partial charge in [0.2, 0.25) is 17.5 Å². The van der Waals surface area contributed by atoms with Crippen LogP contribution in [0.5, 0.6) is 5.75 Å². The summed E-state index contributed by atoms with van der Waals surface area (Å²) in [7, 11) is 1.64. The lowest BCUT2D eigenvalue weighted by Crippen LogP contribution is -2.34. The van der Waals surface area contributed by atoms with Crippen LogP contribution in [0.25, 0.3) is 12.2 Å². The van der Waals surface area contributed by atoms with Gasteiger partial charge in [-0.25, -0.2) is 0 Å². The molecule has 0 bridgehead atoms. The number of ether oxygens (including phenoxy) is 1. The molecular formula is C25H25N3O2. The number of hydrogen-bond acceptors (Lipinski definition) is 5. The molecular weight excluding hydrogens is 374 g/mol. The summed E-state index contributed by atoms with van der Waals surface area (Å²) in [6.07, 6.45) is 6.93. The number of para-hydroxylation sites is 1. The molecule has 2 heterocycles. The third kappa shape index (κ3) is 4.55. The first-order valence-corrected chi connectivity index (χ1v) is 10.3. The van der Waals surface area contributed by atoms with E-state index < -0.39 is 0 Å². The van der Waals surface area contributed by atoms with Crippen LogP contribution in [0, 0.1) is 17.2 Å². The van der Waals surface area contributed by atoms with Crippen molar-refractivity contribution in [1.29, 1.82) is 5.26 Å². The van der Waals surface area contributed by atoms with Crippen LogP contribution >= 0.6 is 0 Å². The number of methoxy groups -OCH3 is 1. The standard InChI is InChI=1S/C25H25N3O2/c1-29-23-10-6-5-9-21(23)11-12-24-27-22(18-26)25(30-24)28-15-13-20(14-16-28)17-19-7-3-2-4-8-19/h2-12,20H,13-17H2,1H3. The van der Waals surface area contributed by atoms with E-state index in [1.807, 2.05) is 30.3 Å². The molecule has 0 amide bonds. The molecule has 1 aromatic heterocycles. The Hall–Kier alpha value is -3.52. The quantitative estimate of drug-likeness (QED) is 0.571. The van der Waals surface area contributed by atoms with Crippen molar-refractivity contribution in [2.24, 2.45) is 5.92 Å². The van der Waals surface area contributed by atoms with Gasteiger partial charge in [0.15, 0.2) is 0 Å². The van der Waals surface area contributed by atoms with E-state index in [0.29, 0.717) is 23.4 Å². The van der Waals surface area contributed by atoms with Crippen LogP contribution in [0.3, 0.4) is 0 Å². The number of anilines is 1. The average Bonchev–Trinajstić information content (AvgIpc) is 3.22. The van der Waals surface area contributed by atoms with Crippen molar-refractivity contribution < 1.29 is 9.15 Å². The second kappa shape index (κ2) is 9.32. The van der Waals surface area contributed by atoms with Gasteiger partial charge in [-0.1, -0.05) is 48.5 Å². The molecule has 5 heteroatoms. The highest BCUT2D eigenvalue weighted by molar-refractivity contribution is 5.70. The lowest BCUT2D eigenvalue weighted by atomic mass is 9.90. The first-order valence-electron chi connectivity index (χ1n) is 10.3. The predicted molar refractivity (Wildman–Crippen MR) is 118 cm³/mol. The van der Waals surface area contributed by atoms with Crippen molar-refractivity contribution in [2.75, 3.05) is 25.1 Å². The normalized spacial score (nSPS) is 14.7. The van der Waals surface area contributed by atoms with Crippen LogP contribution < -0.4 is 9.64 Å². The summed E-state index contributed by atoms with van der Waals surface area (Å²) in [6.45, 7) is 1.74. The SMILES string of the molecule is COc1ccccc1C=Cc1nc(C#N)c(N2CCC(Cc3ccccc3)CC2)o1. The van der Waals surface area contributed by atoms with Crippen molar-refractivity contribution in [2.45, 2.75) is 19.3 Å². The van der Waals surface area contributed by atoms with Gasteiger partial charge in [0.1, 0.15) is 11.8 Å². The number of rotatable bonds is 6. The molecule has 3 aromatic rings. The number of hydrogen-bond donors (Lipinski definition) is 0. The number of benzene rings is 2. The third-order valence-corrected chi connectivity index (χ3v) is 5.55. The van der Waals surface area contributed by atoms with E-state index in [9.17, 15) is 5.26 Å². The molecule has 0 unspecified atom stereocenters. The van der Waals surface area contributed by atoms with Crippen molar-refractivity contribution in [3.05, 3.63) is 77.3 Å². The Morgan fingerprint density at radius 3 is 2.57 bits per heavy atom. The smallest absolute Gasteiger partial charge is 0.235 e. The largest absolute Gasteiger partial charge is 0.496 e. The number of nitrogens with zero attached hydrogens (tertiary/aromatic N) is 3. The molecule has 5 nitrogen and oxygen atoms in total. The zero-order valence-electron chi connectivity index (χ0n) is 17.1. The molecule has 0 atom stereocenters. The second-order valence-electron chi connectivity index (χ2n) is 7.51. The zero-order chi connectivity index (χ0) is 20.8. The molecule has 0 N–H and O–H groups in total. The Morgan fingerprint density at radius 1 is 1.10 bits per heavy atom. The Morgan fingerprint density at radius 2 is 1.83 bits per heavy atom. The Balaban J connectivity index is 1.43. The van der Waals surface area contributed by atoms with E-state index in [2.05, 4.69) is 46.3 Å². The number of piperidine rings is 1. The Bertz CT molecular complexity index is 1040. The van der Waals surface area contributed by atoms with Crippen LogP contribution in [-0.4, -0.2) is 25.2 Å². The molecule has 152 valence electrons.